The zero-order chi connectivity index (χ0) is 14.3. The summed E-state index contributed by atoms with van der Waals surface area (Å²) in [4.78, 5) is 5.82. The zero-order valence-electron chi connectivity index (χ0n) is 11.4. The molecule has 20 heavy (non-hydrogen) atoms. The Morgan fingerprint density at radius 2 is 2.00 bits per heavy atom. The van der Waals surface area contributed by atoms with Crippen LogP contribution in [0.25, 0.3) is 0 Å². The van der Waals surface area contributed by atoms with Gasteiger partial charge in [0.15, 0.2) is 5.13 Å². The predicted octanol–water partition coefficient (Wildman–Crippen LogP) is 2.16. The normalized spacial score (nSPS) is 15.1. The summed E-state index contributed by atoms with van der Waals surface area (Å²) < 4.78 is 27.4. The van der Waals surface area contributed by atoms with E-state index in [0.29, 0.717) is 16.5 Å². The molecular weight excluding hydrogens is 296 g/mol. The highest BCUT2D eigenvalue weighted by Gasteiger charge is 2.24. The number of H-pyrrole nitrogens is 1. The number of nitrogens with zero attached hydrogens (tertiary/aromatic N) is 2. The van der Waals surface area contributed by atoms with E-state index in [2.05, 4.69) is 19.9 Å². The molecule has 0 radical (unpaired) electrons. The first-order chi connectivity index (χ1) is 9.47. The van der Waals surface area contributed by atoms with Crippen molar-refractivity contribution in [2.45, 2.75) is 44.4 Å². The molecule has 0 amide bonds. The van der Waals surface area contributed by atoms with Gasteiger partial charge in [-0.2, -0.15) is 5.10 Å². The first-order valence-electron chi connectivity index (χ1n) is 6.50. The summed E-state index contributed by atoms with van der Waals surface area (Å²) in [6.07, 6.45) is 4.22. The second-order valence-electron chi connectivity index (χ2n) is 4.96. The van der Waals surface area contributed by atoms with Crippen molar-refractivity contribution < 1.29 is 8.42 Å². The van der Waals surface area contributed by atoms with Crippen molar-refractivity contribution in [3.05, 3.63) is 22.0 Å². The fourth-order valence-electron chi connectivity index (χ4n) is 2.50. The average Bonchev–Trinajstić information content (AvgIpc) is 2.91. The quantitative estimate of drug-likeness (QED) is 0.909. The lowest BCUT2D eigenvalue weighted by atomic mass is 10.0. The van der Waals surface area contributed by atoms with Gasteiger partial charge >= 0.3 is 0 Å². The second-order valence-corrected chi connectivity index (χ2v) is 7.67. The van der Waals surface area contributed by atoms with E-state index in [9.17, 15) is 8.42 Å². The van der Waals surface area contributed by atoms with Gasteiger partial charge in [0.25, 0.3) is 10.0 Å². The van der Waals surface area contributed by atoms with Crippen molar-refractivity contribution >= 4 is 26.5 Å². The maximum Gasteiger partial charge on any atom is 0.267 e. The molecule has 3 rings (SSSR count). The van der Waals surface area contributed by atoms with Gasteiger partial charge in [-0.3, -0.25) is 9.82 Å². The lowest BCUT2D eigenvalue weighted by Crippen LogP contribution is -2.14. The summed E-state index contributed by atoms with van der Waals surface area (Å²) >= 11 is 1.44. The van der Waals surface area contributed by atoms with E-state index >= 15 is 0 Å². The number of rotatable bonds is 3. The molecule has 1 aliphatic carbocycles. The van der Waals surface area contributed by atoms with Crippen molar-refractivity contribution in [2.24, 2.45) is 0 Å². The van der Waals surface area contributed by atoms with Crippen molar-refractivity contribution in [2.75, 3.05) is 4.72 Å². The van der Waals surface area contributed by atoms with Gasteiger partial charge < -0.3 is 0 Å². The van der Waals surface area contributed by atoms with Gasteiger partial charge in [-0.1, -0.05) is 0 Å². The van der Waals surface area contributed by atoms with Crippen molar-refractivity contribution in [1.82, 2.24) is 15.2 Å². The third-order valence-corrected chi connectivity index (χ3v) is 6.20. The Labute approximate surface area is 121 Å². The fourth-order valence-corrected chi connectivity index (χ4v) is 5.16. The lowest BCUT2D eigenvalue weighted by molar-refractivity contribution is 0.600. The summed E-state index contributed by atoms with van der Waals surface area (Å²) in [6, 6.07) is 0. The number of thiazole rings is 1. The Morgan fingerprint density at radius 3 is 2.65 bits per heavy atom. The van der Waals surface area contributed by atoms with Gasteiger partial charge in [-0.15, -0.1) is 11.3 Å². The average molecular weight is 312 g/mol. The third kappa shape index (κ3) is 2.33. The molecular formula is C12H16N4O2S2. The number of anilines is 1. The first-order valence-corrected chi connectivity index (χ1v) is 8.80. The van der Waals surface area contributed by atoms with Crippen LogP contribution in [0.2, 0.25) is 0 Å². The van der Waals surface area contributed by atoms with Crippen LogP contribution in [-0.2, 0) is 22.9 Å². The molecule has 2 aromatic heterocycles. The SMILES string of the molecule is Cc1n[nH]c(C)c1S(=O)(=O)Nc1nc2c(s1)CCCC2. The van der Waals surface area contributed by atoms with Crippen LogP contribution in [0, 0.1) is 13.8 Å². The van der Waals surface area contributed by atoms with Gasteiger partial charge in [0, 0.05) is 4.88 Å². The molecule has 0 fully saturated rings. The Hall–Kier alpha value is -1.41. The first kappa shape index (κ1) is 13.6. The Bertz CT molecular complexity index is 703. The number of aromatic nitrogens is 3. The number of aryl methyl sites for hydroxylation is 4. The summed E-state index contributed by atoms with van der Waals surface area (Å²) in [5.41, 5.74) is 2.05. The fraction of sp³-hybridized carbons (Fsp3) is 0.500. The molecule has 108 valence electrons. The molecule has 0 aromatic carbocycles. The topological polar surface area (TPSA) is 87.7 Å². The molecule has 8 heteroatoms. The Balaban J connectivity index is 1.92. The Kier molecular flexibility index (Phi) is 3.29. The number of nitrogens with one attached hydrogen (secondary N) is 2. The second kappa shape index (κ2) is 4.85. The van der Waals surface area contributed by atoms with Gasteiger partial charge in [0.05, 0.1) is 17.1 Å². The minimum atomic E-state index is -3.63. The molecule has 2 aromatic rings. The van der Waals surface area contributed by atoms with E-state index in [0.717, 1.165) is 31.4 Å². The number of hydrogen-bond acceptors (Lipinski definition) is 5. The van der Waals surface area contributed by atoms with Crippen molar-refractivity contribution in [3.63, 3.8) is 0 Å². The standard InChI is InChI=1S/C12H16N4O2S2/c1-7-11(8(2)15-14-7)20(17,18)16-12-13-9-5-3-4-6-10(9)19-12/h3-6H2,1-2H3,(H,13,16)(H,14,15). The van der Waals surface area contributed by atoms with Crippen LogP contribution in [0.1, 0.15) is 34.8 Å². The van der Waals surface area contributed by atoms with E-state index in [1.165, 1.54) is 16.2 Å². The molecule has 0 saturated heterocycles. The number of hydrogen-bond donors (Lipinski definition) is 2. The van der Waals surface area contributed by atoms with Gasteiger partial charge in [0.2, 0.25) is 0 Å². The summed E-state index contributed by atoms with van der Waals surface area (Å²) in [5.74, 6) is 0. The zero-order valence-corrected chi connectivity index (χ0v) is 13.0. The van der Waals surface area contributed by atoms with Crippen LogP contribution in [0.4, 0.5) is 5.13 Å². The van der Waals surface area contributed by atoms with Crippen LogP contribution in [0.5, 0.6) is 0 Å². The molecule has 0 unspecified atom stereocenters. The van der Waals surface area contributed by atoms with Crippen molar-refractivity contribution in [1.29, 1.82) is 0 Å². The third-order valence-electron chi connectivity index (χ3n) is 3.40. The molecule has 0 saturated carbocycles. The highest BCUT2D eigenvalue weighted by molar-refractivity contribution is 7.93. The van der Waals surface area contributed by atoms with Crippen molar-refractivity contribution in [3.8, 4) is 0 Å². The van der Waals surface area contributed by atoms with Crippen LogP contribution >= 0.6 is 11.3 Å². The van der Waals surface area contributed by atoms with E-state index in [1.807, 2.05) is 0 Å². The minimum absolute atomic E-state index is 0.214. The molecule has 0 aliphatic heterocycles. The van der Waals surface area contributed by atoms with E-state index in [-0.39, 0.29) is 4.90 Å². The largest absolute Gasteiger partial charge is 0.281 e. The molecule has 0 bridgehead atoms. The minimum Gasteiger partial charge on any atom is -0.281 e. The van der Waals surface area contributed by atoms with E-state index in [1.54, 1.807) is 13.8 Å². The number of aromatic amines is 1. The van der Waals surface area contributed by atoms with Gasteiger partial charge in [-0.05, 0) is 39.5 Å². The molecule has 6 nitrogen and oxygen atoms in total. The monoisotopic (exact) mass is 312 g/mol. The van der Waals surface area contributed by atoms with Crippen LogP contribution in [-0.4, -0.2) is 23.6 Å². The van der Waals surface area contributed by atoms with Crippen LogP contribution in [0.15, 0.2) is 4.90 Å². The smallest absolute Gasteiger partial charge is 0.267 e. The highest BCUT2D eigenvalue weighted by Crippen LogP contribution is 2.31. The van der Waals surface area contributed by atoms with Crippen LogP contribution < -0.4 is 4.72 Å². The molecule has 2 heterocycles. The van der Waals surface area contributed by atoms with Gasteiger partial charge in [-0.25, -0.2) is 13.4 Å². The Morgan fingerprint density at radius 1 is 1.25 bits per heavy atom. The van der Waals surface area contributed by atoms with E-state index in [4.69, 9.17) is 0 Å². The van der Waals surface area contributed by atoms with Gasteiger partial charge in [0.1, 0.15) is 4.90 Å². The molecule has 1 aliphatic rings. The number of sulfonamides is 1. The highest BCUT2D eigenvalue weighted by atomic mass is 32.2. The van der Waals surface area contributed by atoms with E-state index < -0.39 is 10.0 Å². The van der Waals surface area contributed by atoms with Crippen LogP contribution in [0.3, 0.4) is 0 Å². The number of fused-ring (bicyclic) bond motifs is 1. The molecule has 0 spiro atoms. The predicted molar refractivity (Wildman–Crippen MR) is 77.6 cm³/mol. The summed E-state index contributed by atoms with van der Waals surface area (Å²) in [6.45, 7) is 3.37. The summed E-state index contributed by atoms with van der Waals surface area (Å²) in [5, 5.41) is 7.08. The lowest BCUT2D eigenvalue weighted by Gasteiger charge is -2.06. The maximum atomic E-state index is 12.4. The molecule has 0 atom stereocenters. The maximum absolute atomic E-state index is 12.4. The molecule has 2 N–H and O–H groups in total. The summed E-state index contributed by atoms with van der Waals surface area (Å²) in [7, 11) is -3.63.